The molecule has 28 heavy (non-hydrogen) atoms. The summed E-state index contributed by atoms with van der Waals surface area (Å²) in [6.45, 7) is 1.48. The maximum absolute atomic E-state index is 12.8. The number of aryl methyl sites for hydroxylation is 1. The second-order valence-corrected chi connectivity index (χ2v) is 7.93. The predicted octanol–water partition coefficient (Wildman–Crippen LogP) is 2.99. The minimum atomic E-state index is -1.09. The standard InChI is InChI=1S/C18H17N3O5S2/c1-3-13-20-21-18(28-13)15-16(24)12(27-17(15)19)7-9-4-5-10(11(6-9)25-2)26-8-14(22)23/h4-7,15,19H,3,8H2,1-2H3,(H,22,23). The highest BCUT2D eigenvalue weighted by atomic mass is 32.2. The number of nitrogens with one attached hydrogen (secondary N) is 1. The molecular formula is C18H17N3O5S2. The van der Waals surface area contributed by atoms with Gasteiger partial charge in [-0.15, -0.1) is 21.5 Å². The van der Waals surface area contributed by atoms with Crippen molar-refractivity contribution in [3.8, 4) is 11.5 Å². The molecule has 0 aliphatic carbocycles. The zero-order chi connectivity index (χ0) is 20.3. The van der Waals surface area contributed by atoms with Crippen molar-refractivity contribution in [3.05, 3.63) is 38.7 Å². The third-order valence-electron chi connectivity index (χ3n) is 3.86. The van der Waals surface area contributed by atoms with Crippen molar-refractivity contribution in [2.45, 2.75) is 19.3 Å². The van der Waals surface area contributed by atoms with Gasteiger partial charge in [0.2, 0.25) is 0 Å². The third-order valence-corrected chi connectivity index (χ3v) is 5.98. The highest BCUT2D eigenvalue weighted by molar-refractivity contribution is 8.19. The molecule has 1 atom stereocenters. The molecule has 1 saturated heterocycles. The van der Waals surface area contributed by atoms with Crippen molar-refractivity contribution in [3.63, 3.8) is 0 Å². The van der Waals surface area contributed by atoms with Crippen molar-refractivity contribution in [1.82, 2.24) is 10.2 Å². The lowest BCUT2D eigenvalue weighted by molar-refractivity contribution is -0.139. The van der Waals surface area contributed by atoms with E-state index in [4.69, 9.17) is 20.0 Å². The Bertz CT molecular complexity index is 970. The van der Waals surface area contributed by atoms with Crippen molar-refractivity contribution in [2.24, 2.45) is 0 Å². The van der Waals surface area contributed by atoms with Gasteiger partial charge in [0.15, 0.2) is 23.9 Å². The summed E-state index contributed by atoms with van der Waals surface area (Å²) in [5.74, 6) is -1.32. The SMILES string of the molecule is CCc1nnc(C2C(=N)SC(=Cc3ccc(OCC(=O)O)c(OC)c3)C2=O)s1. The smallest absolute Gasteiger partial charge is 0.341 e. The molecular weight excluding hydrogens is 402 g/mol. The van der Waals surface area contributed by atoms with Crippen molar-refractivity contribution in [1.29, 1.82) is 5.41 Å². The maximum Gasteiger partial charge on any atom is 0.341 e. The van der Waals surface area contributed by atoms with Gasteiger partial charge in [0, 0.05) is 0 Å². The summed E-state index contributed by atoms with van der Waals surface area (Å²) >= 11 is 2.46. The topological polar surface area (TPSA) is 122 Å². The fourth-order valence-electron chi connectivity index (χ4n) is 2.52. The molecule has 2 heterocycles. The summed E-state index contributed by atoms with van der Waals surface area (Å²) in [6.07, 6.45) is 2.41. The molecule has 0 saturated carbocycles. The van der Waals surface area contributed by atoms with Gasteiger partial charge < -0.3 is 14.6 Å². The first kappa shape index (κ1) is 20.0. The predicted molar refractivity (Wildman–Crippen MR) is 106 cm³/mol. The van der Waals surface area contributed by atoms with Gasteiger partial charge in [-0.25, -0.2) is 4.79 Å². The molecule has 0 amide bonds. The molecule has 1 aliphatic heterocycles. The van der Waals surface area contributed by atoms with Gasteiger partial charge in [-0.3, -0.25) is 10.2 Å². The molecule has 8 nitrogen and oxygen atoms in total. The number of Topliss-reactive ketones (excluding diaryl/α,β-unsaturated/α-hetero) is 1. The van der Waals surface area contributed by atoms with Crippen LogP contribution >= 0.6 is 23.1 Å². The van der Waals surface area contributed by atoms with Crippen LogP contribution in [0.15, 0.2) is 23.1 Å². The molecule has 0 spiro atoms. The Balaban J connectivity index is 1.84. The van der Waals surface area contributed by atoms with E-state index < -0.39 is 18.5 Å². The quantitative estimate of drug-likeness (QED) is 0.657. The van der Waals surface area contributed by atoms with E-state index >= 15 is 0 Å². The number of hydrogen-bond donors (Lipinski definition) is 2. The number of nitrogens with zero attached hydrogens (tertiary/aromatic N) is 2. The first-order valence-corrected chi connectivity index (χ1v) is 9.93. The van der Waals surface area contributed by atoms with E-state index in [2.05, 4.69) is 10.2 Å². The van der Waals surface area contributed by atoms with Crippen LogP contribution in [0, 0.1) is 5.41 Å². The highest BCUT2D eigenvalue weighted by Crippen LogP contribution is 2.42. The number of benzene rings is 1. The summed E-state index contributed by atoms with van der Waals surface area (Å²) in [5.41, 5.74) is 0.676. The second kappa shape index (κ2) is 8.53. The molecule has 1 fully saturated rings. The molecule has 3 rings (SSSR count). The van der Waals surface area contributed by atoms with E-state index in [0.717, 1.165) is 23.2 Å². The molecule has 2 N–H and O–H groups in total. The summed E-state index contributed by atoms with van der Waals surface area (Å²) in [7, 11) is 1.45. The molecule has 2 aromatic rings. The average molecular weight is 419 g/mol. The minimum Gasteiger partial charge on any atom is -0.493 e. The maximum atomic E-state index is 12.8. The number of carboxylic acid groups (broad SMARTS) is 1. The number of thioether (sulfide) groups is 1. The van der Waals surface area contributed by atoms with Crippen LogP contribution in [0.4, 0.5) is 0 Å². The number of ketones is 1. The molecule has 0 radical (unpaired) electrons. The Hall–Kier alpha value is -2.72. The Kier molecular flexibility index (Phi) is 6.10. The first-order valence-electron chi connectivity index (χ1n) is 8.30. The first-order chi connectivity index (χ1) is 13.4. The number of carbonyl (C=O) groups excluding carboxylic acids is 1. The molecule has 0 bridgehead atoms. The van der Waals surface area contributed by atoms with Gasteiger partial charge in [-0.05, 0) is 30.2 Å². The number of carboxylic acids is 1. The van der Waals surface area contributed by atoms with Crippen LogP contribution in [-0.4, -0.2) is 45.8 Å². The van der Waals surface area contributed by atoms with E-state index in [1.807, 2.05) is 6.92 Å². The van der Waals surface area contributed by atoms with E-state index in [-0.39, 0.29) is 10.8 Å². The van der Waals surface area contributed by atoms with E-state index in [9.17, 15) is 9.59 Å². The molecule has 1 aliphatic rings. The number of allylic oxidation sites excluding steroid dienone is 1. The molecule has 146 valence electrons. The molecule has 1 aromatic heterocycles. The fraction of sp³-hybridized carbons (Fsp3) is 0.278. The Morgan fingerprint density at radius 3 is 2.79 bits per heavy atom. The fourth-order valence-corrected chi connectivity index (χ4v) is 4.48. The van der Waals surface area contributed by atoms with E-state index in [1.165, 1.54) is 18.4 Å². The number of aliphatic carboxylic acids is 1. The number of hydrogen-bond acceptors (Lipinski definition) is 9. The van der Waals surface area contributed by atoms with Gasteiger partial charge in [0.25, 0.3) is 0 Å². The van der Waals surface area contributed by atoms with Gasteiger partial charge in [0.1, 0.15) is 15.9 Å². The van der Waals surface area contributed by atoms with Crippen LogP contribution in [0.3, 0.4) is 0 Å². The molecule has 10 heteroatoms. The lowest BCUT2D eigenvalue weighted by Crippen LogP contribution is -2.11. The van der Waals surface area contributed by atoms with Crippen LogP contribution in [0.2, 0.25) is 0 Å². The average Bonchev–Trinajstić information content (AvgIpc) is 3.24. The highest BCUT2D eigenvalue weighted by Gasteiger charge is 2.39. The Morgan fingerprint density at radius 1 is 1.36 bits per heavy atom. The lowest BCUT2D eigenvalue weighted by atomic mass is 10.1. The van der Waals surface area contributed by atoms with Crippen molar-refractivity contribution < 1.29 is 24.2 Å². The minimum absolute atomic E-state index is 0.182. The number of aromatic nitrogens is 2. The summed E-state index contributed by atoms with van der Waals surface area (Å²) < 4.78 is 10.4. The third kappa shape index (κ3) is 4.23. The summed E-state index contributed by atoms with van der Waals surface area (Å²) in [5, 5.41) is 26.6. The van der Waals surface area contributed by atoms with Crippen LogP contribution < -0.4 is 9.47 Å². The number of ether oxygens (including phenoxy) is 2. The molecule has 1 unspecified atom stereocenters. The van der Waals surface area contributed by atoms with E-state index in [0.29, 0.717) is 27.0 Å². The van der Waals surface area contributed by atoms with Crippen LogP contribution in [0.25, 0.3) is 6.08 Å². The van der Waals surface area contributed by atoms with Gasteiger partial charge in [-0.2, -0.15) is 0 Å². The lowest BCUT2D eigenvalue weighted by Gasteiger charge is -2.09. The van der Waals surface area contributed by atoms with Gasteiger partial charge in [0.05, 0.1) is 17.1 Å². The van der Waals surface area contributed by atoms with Gasteiger partial charge >= 0.3 is 5.97 Å². The van der Waals surface area contributed by atoms with Crippen LogP contribution in [0.5, 0.6) is 11.5 Å². The number of rotatable bonds is 7. The van der Waals surface area contributed by atoms with Gasteiger partial charge in [-0.1, -0.05) is 24.8 Å². The Labute approximate surface area is 169 Å². The number of carbonyl (C=O) groups is 2. The van der Waals surface area contributed by atoms with E-state index in [1.54, 1.807) is 24.3 Å². The zero-order valence-electron chi connectivity index (χ0n) is 15.1. The number of methoxy groups -OCH3 is 1. The van der Waals surface area contributed by atoms with Crippen molar-refractivity contribution in [2.75, 3.05) is 13.7 Å². The summed E-state index contributed by atoms with van der Waals surface area (Å²) in [4.78, 5) is 23.9. The normalized spacial score (nSPS) is 17.9. The Morgan fingerprint density at radius 2 is 2.14 bits per heavy atom. The van der Waals surface area contributed by atoms with Crippen LogP contribution in [-0.2, 0) is 16.0 Å². The second-order valence-electron chi connectivity index (χ2n) is 5.75. The molecule has 1 aromatic carbocycles. The summed E-state index contributed by atoms with van der Waals surface area (Å²) in [6, 6.07) is 4.92. The monoisotopic (exact) mass is 419 g/mol. The van der Waals surface area contributed by atoms with Crippen LogP contribution in [0.1, 0.15) is 28.4 Å². The van der Waals surface area contributed by atoms with Crippen molar-refractivity contribution >= 4 is 46.0 Å². The zero-order valence-corrected chi connectivity index (χ0v) is 16.7. The largest absolute Gasteiger partial charge is 0.493 e.